The molecule has 0 spiro atoms. The lowest BCUT2D eigenvalue weighted by Gasteiger charge is -2.28. The maximum atomic E-state index is 11.9. The van der Waals surface area contributed by atoms with Crippen molar-refractivity contribution >= 4 is 5.97 Å². The zero-order valence-electron chi connectivity index (χ0n) is 12.3. The quantitative estimate of drug-likeness (QED) is 0.682. The molecule has 1 aliphatic heterocycles. The molecule has 2 unspecified atom stereocenters. The Bertz CT molecular complexity index is 243. The average Bonchev–Trinajstić information content (AvgIpc) is 2.57. The molecular formula is C15H29NO2. The Morgan fingerprint density at radius 1 is 1.28 bits per heavy atom. The van der Waals surface area contributed by atoms with Crippen molar-refractivity contribution in [1.82, 2.24) is 4.90 Å². The van der Waals surface area contributed by atoms with Crippen molar-refractivity contribution in [3.63, 3.8) is 0 Å². The number of carbonyl (C=O) groups excluding carboxylic acids is 1. The van der Waals surface area contributed by atoms with Gasteiger partial charge >= 0.3 is 5.97 Å². The number of carbonyl (C=O) groups is 1. The second-order valence-corrected chi connectivity index (χ2v) is 5.30. The van der Waals surface area contributed by atoms with Gasteiger partial charge in [-0.25, -0.2) is 0 Å². The first-order chi connectivity index (χ1) is 8.72. The zero-order valence-corrected chi connectivity index (χ0v) is 12.3. The molecular weight excluding hydrogens is 226 g/mol. The van der Waals surface area contributed by atoms with Gasteiger partial charge in [-0.05, 0) is 51.6 Å². The van der Waals surface area contributed by atoms with Crippen molar-refractivity contribution in [2.45, 2.75) is 65.3 Å². The standard InChI is InChI=1S/C15H29NO2/c1-4-8-13-9-7-11-16(12-10-13)14(5-2)15(17)18-6-3/h13-14H,4-12H2,1-3H3. The fourth-order valence-electron chi connectivity index (χ4n) is 3.01. The van der Waals surface area contributed by atoms with E-state index in [2.05, 4.69) is 18.7 Å². The molecule has 0 aromatic carbocycles. The van der Waals surface area contributed by atoms with E-state index in [0.717, 1.165) is 25.4 Å². The summed E-state index contributed by atoms with van der Waals surface area (Å²) in [6.45, 7) is 8.82. The van der Waals surface area contributed by atoms with Gasteiger partial charge in [0.05, 0.1) is 6.61 Å². The first kappa shape index (κ1) is 15.5. The van der Waals surface area contributed by atoms with Crippen molar-refractivity contribution in [2.24, 2.45) is 5.92 Å². The first-order valence-corrected chi connectivity index (χ1v) is 7.63. The minimum atomic E-state index is -0.0334. The van der Waals surface area contributed by atoms with Gasteiger partial charge in [0.2, 0.25) is 0 Å². The van der Waals surface area contributed by atoms with Gasteiger partial charge in [-0.15, -0.1) is 0 Å². The molecule has 0 aromatic heterocycles. The number of ether oxygens (including phenoxy) is 1. The average molecular weight is 255 g/mol. The maximum Gasteiger partial charge on any atom is 0.323 e. The molecule has 1 fully saturated rings. The second kappa shape index (κ2) is 8.52. The van der Waals surface area contributed by atoms with Crippen LogP contribution < -0.4 is 0 Å². The van der Waals surface area contributed by atoms with Crippen LogP contribution in [0.4, 0.5) is 0 Å². The Balaban J connectivity index is 2.51. The lowest BCUT2D eigenvalue weighted by Crippen LogP contribution is -2.42. The van der Waals surface area contributed by atoms with Crippen molar-refractivity contribution in [3.8, 4) is 0 Å². The number of hydrogen-bond donors (Lipinski definition) is 0. The molecule has 1 rings (SSSR count). The highest BCUT2D eigenvalue weighted by Crippen LogP contribution is 2.23. The fourth-order valence-corrected chi connectivity index (χ4v) is 3.01. The summed E-state index contributed by atoms with van der Waals surface area (Å²) < 4.78 is 5.18. The van der Waals surface area contributed by atoms with Crippen molar-refractivity contribution in [2.75, 3.05) is 19.7 Å². The third-order valence-corrected chi connectivity index (χ3v) is 3.97. The lowest BCUT2D eigenvalue weighted by molar-refractivity contribution is -0.149. The normalized spacial score (nSPS) is 23.4. The molecule has 0 aliphatic carbocycles. The van der Waals surface area contributed by atoms with E-state index in [9.17, 15) is 4.79 Å². The van der Waals surface area contributed by atoms with E-state index in [1.807, 2.05) is 6.92 Å². The molecule has 1 saturated heterocycles. The van der Waals surface area contributed by atoms with Crippen LogP contribution in [-0.4, -0.2) is 36.6 Å². The summed E-state index contributed by atoms with van der Waals surface area (Å²) in [6.07, 6.45) is 7.26. The summed E-state index contributed by atoms with van der Waals surface area (Å²) in [7, 11) is 0. The number of rotatable bonds is 6. The number of hydrogen-bond acceptors (Lipinski definition) is 3. The van der Waals surface area contributed by atoms with Crippen LogP contribution in [0.15, 0.2) is 0 Å². The Kier molecular flexibility index (Phi) is 7.33. The molecule has 106 valence electrons. The second-order valence-electron chi connectivity index (χ2n) is 5.30. The third kappa shape index (κ3) is 4.60. The lowest BCUT2D eigenvalue weighted by atomic mass is 9.96. The highest BCUT2D eigenvalue weighted by Gasteiger charge is 2.27. The fraction of sp³-hybridized carbons (Fsp3) is 0.933. The Morgan fingerprint density at radius 3 is 2.67 bits per heavy atom. The summed E-state index contributed by atoms with van der Waals surface area (Å²) in [5.41, 5.74) is 0. The van der Waals surface area contributed by atoms with Gasteiger partial charge in [0.25, 0.3) is 0 Å². The molecule has 0 bridgehead atoms. The Morgan fingerprint density at radius 2 is 2.06 bits per heavy atom. The van der Waals surface area contributed by atoms with Crippen LogP contribution in [0.2, 0.25) is 0 Å². The first-order valence-electron chi connectivity index (χ1n) is 7.63. The summed E-state index contributed by atoms with van der Waals surface area (Å²) in [5, 5.41) is 0. The van der Waals surface area contributed by atoms with E-state index >= 15 is 0 Å². The summed E-state index contributed by atoms with van der Waals surface area (Å²) >= 11 is 0. The molecule has 1 aliphatic rings. The predicted molar refractivity (Wildman–Crippen MR) is 74.5 cm³/mol. The topological polar surface area (TPSA) is 29.5 Å². The van der Waals surface area contributed by atoms with Crippen molar-refractivity contribution in [1.29, 1.82) is 0 Å². The molecule has 18 heavy (non-hydrogen) atoms. The molecule has 3 nitrogen and oxygen atoms in total. The smallest absolute Gasteiger partial charge is 0.323 e. The summed E-state index contributed by atoms with van der Waals surface area (Å²) in [6, 6.07) is -0.0228. The van der Waals surface area contributed by atoms with Crippen molar-refractivity contribution in [3.05, 3.63) is 0 Å². The SMILES string of the molecule is CCCC1CCCN(C(CC)C(=O)OCC)CC1. The predicted octanol–water partition coefficient (Wildman–Crippen LogP) is 3.23. The van der Waals surface area contributed by atoms with Crippen LogP contribution in [0.1, 0.15) is 59.3 Å². The van der Waals surface area contributed by atoms with Crippen LogP contribution in [0.25, 0.3) is 0 Å². The zero-order chi connectivity index (χ0) is 13.4. The van der Waals surface area contributed by atoms with Crippen LogP contribution in [0.3, 0.4) is 0 Å². The van der Waals surface area contributed by atoms with Crippen LogP contribution in [0, 0.1) is 5.92 Å². The molecule has 1 heterocycles. The van der Waals surface area contributed by atoms with E-state index < -0.39 is 0 Å². The van der Waals surface area contributed by atoms with Crippen LogP contribution in [-0.2, 0) is 9.53 Å². The van der Waals surface area contributed by atoms with E-state index in [1.165, 1.54) is 32.1 Å². The highest BCUT2D eigenvalue weighted by atomic mass is 16.5. The minimum absolute atomic E-state index is 0.0228. The summed E-state index contributed by atoms with van der Waals surface area (Å²) in [5.74, 6) is 0.827. The van der Waals surface area contributed by atoms with E-state index in [-0.39, 0.29) is 12.0 Å². The summed E-state index contributed by atoms with van der Waals surface area (Å²) in [4.78, 5) is 14.3. The largest absolute Gasteiger partial charge is 0.465 e. The van der Waals surface area contributed by atoms with Gasteiger partial charge in [0.1, 0.15) is 6.04 Å². The number of likely N-dealkylation sites (tertiary alicyclic amines) is 1. The molecule has 3 heteroatoms. The number of nitrogens with zero attached hydrogens (tertiary/aromatic N) is 1. The van der Waals surface area contributed by atoms with E-state index in [1.54, 1.807) is 0 Å². The van der Waals surface area contributed by atoms with E-state index in [0.29, 0.717) is 6.61 Å². The molecule has 0 N–H and O–H groups in total. The Hall–Kier alpha value is -0.570. The molecule has 2 atom stereocenters. The van der Waals surface area contributed by atoms with Crippen LogP contribution in [0.5, 0.6) is 0 Å². The van der Waals surface area contributed by atoms with Crippen LogP contribution >= 0.6 is 0 Å². The molecule has 0 saturated carbocycles. The number of esters is 1. The molecule has 0 radical (unpaired) electrons. The van der Waals surface area contributed by atoms with Gasteiger partial charge in [-0.2, -0.15) is 0 Å². The van der Waals surface area contributed by atoms with E-state index in [4.69, 9.17) is 4.74 Å². The van der Waals surface area contributed by atoms with Gasteiger partial charge < -0.3 is 4.74 Å². The molecule has 0 amide bonds. The van der Waals surface area contributed by atoms with Gasteiger partial charge in [-0.1, -0.05) is 26.7 Å². The van der Waals surface area contributed by atoms with Crippen molar-refractivity contribution < 1.29 is 9.53 Å². The monoisotopic (exact) mass is 255 g/mol. The van der Waals surface area contributed by atoms with Gasteiger partial charge in [0, 0.05) is 0 Å². The Labute approximate surface area is 112 Å². The maximum absolute atomic E-state index is 11.9. The van der Waals surface area contributed by atoms with Gasteiger partial charge in [-0.3, -0.25) is 9.69 Å². The highest BCUT2D eigenvalue weighted by molar-refractivity contribution is 5.75. The van der Waals surface area contributed by atoms with Gasteiger partial charge in [0.15, 0.2) is 0 Å². The third-order valence-electron chi connectivity index (χ3n) is 3.97. The minimum Gasteiger partial charge on any atom is -0.465 e. The molecule has 0 aromatic rings.